The number of aliphatic hydroxyl groups excluding tert-OH is 1. The third-order valence-electron chi connectivity index (χ3n) is 3.76. The monoisotopic (exact) mass is 340 g/mol. The van der Waals surface area contributed by atoms with Gasteiger partial charge in [0.1, 0.15) is 11.5 Å². The lowest BCUT2D eigenvalue weighted by Crippen LogP contribution is -2.07. The summed E-state index contributed by atoms with van der Waals surface area (Å²) >= 11 is 0. The van der Waals surface area contributed by atoms with Crippen molar-refractivity contribution < 1.29 is 19.4 Å². The molecular formula is C21H24O4. The average molecular weight is 340 g/mol. The molecule has 4 nitrogen and oxygen atoms in total. The smallest absolute Gasteiger partial charge is 0.315 e. The first-order valence-corrected chi connectivity index (χ1v) is 8.39. The van der Waals surface area contributed by atoms with E-state index in [1.54, 1.807) is 37.5 Å². The van der Waals surface area contributed by atoms with Crippen LogP contribution in [-0.2, 0) is 11.2 Å². The Balaban J connectivity index is 1.64. The highest BCUT2D eigenvalue weighted by Gasteiger charge is 2.04. The van der Waals surface area contributed by atoms with E-state index in [4.69, 9.17) is 9.47 Å². The fraction of sp³-hybridized carbons (Fsp3) is 0.286. The summed E-state index contributed by atoms with van der Waals surface area (Å²) in [5, 5.41) is 9.98. The van der Waals surface area contributed by atoms with Crippen molar-refractivity contribution in [3.05, 3.63) is 72.3 Å². The molecular weight excluding hydrogens is 316 g/mol. The predicted octanol–water partition coefficient (Wildman–Crippen LogP) is 3.93. The van der Waals surface area contributed by atoms with Crippen LogP contribution >= 0.6 is 0 Å². The van der Waals surface area contributed by atoms with Crippen molar-refractivity contribution in [3.63, 3.8) is 0 Å². The molecule has 0 unspecified atom stereocenters. The summed E-state index contributed by atoms with van der Waals surface area (Å²) in [4.78, 5) is 11.8. The van der Waals surface area contributed by atoms with Gasteiger partial charge in [0.05, 0.1) is 19.6 Å². The number of rotatable bonds is 9. The van der Waals surface area contributed by atoms with Gasteiger partial charge in [-0.25, -0.2) is 0 Å². The van der Waals surface area contributed by atoms with Crippen molar-refractivity contribution in [2.24, 2.45) is 0 Å². The highest BCUT2D eigenvalue weighted by Crippen LogP contribution is 2.17. The molecule has 1 N–H and O–H groups in total. The second kappa shape index (κ2) is 10.3. The zero-order valence-electron chi connectivity index (χ0n) is 14.4. The molecule has 0 amide bonds. The number of hydrogen-bond donors (Lipinski definition) is 1. The Labute approximate surface area is 148 Å². The van der Waals surface area contributed by atoms with Crippen LogP contribution in [-0.4, -0.2) is 24.3 Å². The first-order chi connectivity index (χ1) is 12.2. The number of carbonyl (C=O) groups is 1. The number of aryl methyl sites for hydroxylation is 1. The van der Waals surface area contributed by atoms with Gasteiger partial charge < -0.3 is 14.6 Å². The molecule has 0 saturated heterocycles. The summed E-state index contributed by atoms with van der Waals surface area (Å²) in [6, 6.07) is 16.9. The van der Waals surface area contributed by atoms with E-state index < -0.39 is 6.10 Å². The van der Waals surface area contributed by atoms with Gasteiger partial charge in [0, 0.05) is 0 Å². The van der Waals surface area contributed by atoms with Crippen LogP contribution in [0.3, 0.4) is 0 Å². The molecule has 2 aromatic carbocycles. The van der Waals surface area contributed by atoms with E-state index in [0.29, 0.717) is 24.3 Å². The number of esters is 1. The molecule has 132 valence electrons. The molecule has 1 atom stereocenters. The summed E-state index contributed by atoms with van der Waals surface area (Å²) in [6.45, 7) is 0. The van der Waals surface area contributed by atoms with Gasteiger partial charge in [-0.2, -0.15) is 0 Å². The van der Waals surface area contributed by atoms with Crippen molar-refractivity contribution in [3.8, 4) is 11.5 Å². The summed E-state index contributed by atoms with van der Waals surface area (Å²) in [5.41, 5.74) is 1.22. The van der Waals surface area contributed by atoms with E-state index in [2.05, 4.69) is 12.1 Å². The van der Waals surface area contributed by atoms with Crippen molar-refractivity contribution in [2.75, 3.05) is 7.11 Å². The summed E-state index contributed by atoms with van der Waals surface area (Å²) in [7, 11) is 1.58. The van der Waals surface area contributed by atoms with Gasteiger partial charge in [0.2, 0.25) is 0 Å². The van der Waals surface area contributed by atoms with Gasteiger partial charge in [0.25, 0.3) is 0 Å². The molecule has 0 aromatic heterocycles. The molecule has 0 saturated carbocycles. The topological polar surface area (TPSA) is 55.8 Å². The fourth-order valence-electron chi connectivity index (χ4n) is 2.35. The van der Waals surface area contributed by atoms with E-state index in [9.17, 15) is 9.90 Å². The van der Waals surface area contributed by atoms with Crippen LogP contribution in [0.15, 0.2) is 66.7 Å². The van der Waals surface area contributed by atoms with Crippen molar-refractivity contribution in [1.82, 2.24) is 0 Å². The average Bonchev–Trinajstić information content (AvgIpc) is 2.65. The first-order valence-electron chi connectivity index (χ1n) is 8.39. The minimum atomic E-state index is -0.408. The van der Waals surface area contributed by atoms with Gasteiger partial charge in [-0.1, -0.05) is 42.5 Å². The Morgan fingerprint density at radius 1 is 1.04 bits per heavy atom. The fourth-order valence-corrected chi connectivity index (χ4v) is 2.35. The van der Waals surface area contributed by atoms with Crippen molar-refractivity contribution in [1.29, 1.82) is 0 Å². The highest BCUT2D eigenvalue weighted by atomic mass is 16.5. The van der Waals surface area contributed by atoms with Crippen molar-refractivity contribution >= 4 is 5.97 Å². The molecule has 0 spiro atoms. The number of aliphatic hydroxyl groups is 1. The minimum absolute atomic E-state index is 0.178. The Morgan fingerprint density at radius 2 is 1.72 bits per heavy atom. The normalized spacial score (nSPS) is 12.1. The van der Waals surface area contributed by atoms with Gasteiger partial charge in [-0.3, -0.25) is 4.79 Å². The van der Waals surface area contributed by atoms with Gasteiger partial charge >= 0.3 is 5.97 Å². The van der Waals surface area contributed by atoms with E-state index in [-0.39, 0.29) is 12.4 Å². The van der Waals surface area contributed by atoms with Crippen LogP contribution in [0, 0.1) is 0 Å². The van der Waals surface area contributed by atoms with Crippen LogP contribution in [0.5, 0.6) is 11.5 Å². The van der Waals surface area contributed by atoms with Crippen LogP contribution < -0.4 is 9.47 Å². The van der Waals surface area contributed by atoms with Gasteiger partial charge in [0.15, 0.2) is 0 Å². The maximum absolute atomic E-state index is 11.8. The van der Waals surface area contributed by atoms with Crippen molar-refractivity contribution in [2.45, 2.75) is 31.8 Å². The van der Waals surface area contributed by atoms with E-state index in [1.165, 1.54) is 5.56 Å². The Hall–Kier alpha value is -2.59. The number of benzene rings is 2. The molecule has 0 aliphatic carbocycles. The summed E-state index contributed by atoms with van der Waals surface area (Å²) in [6.07, 6.45) is 5.40. The second-order valence-electron chi connectivity index (χ2n) is 5.74. The lowest BCUT2D eigenvalue weighted by molar-refractivity contribution is -0.133. The maximum Gasteiger partial charge on any atom is 0.315 e. The molecule has 0 bridgehead atoms. The molecule has 0 fully saturated rings. The Bertz CT molecular complexity index is 662. The third kappa shape index (κ3) is 7.23. The predicted molar refractivity (Wildman–Crippen MR) is 97.8 cm³/mol. The van der Waals surface area contributed by atoms with Crippen LogP contribution in [0.2, 0.25) is 0 Å². The molecule has 0 radical (unpaired) electrons. The molecule has 4 heteroatoms. The lowest BCUT2D eigenvalue weighted by Gasteiger charge is -2.07. The summed E-state index contributed by atoms with van der Waals surface area (Å²) in [5.74, 6) is 0.867. The summed E-state index contributed by atoms with van der Waals surface area (Å²) < 4.78 is 10.3. The number of ether oxygens (including phenoxy) is 2. The largest absolute Gasteiger partial charge is 0.497 e. The van der Waals surface area contributed by atoms with Crippen LogP contribution in [0.1, 0.15) is 24.8 Å². The highest BCUT2D eigenvalue weighted by molar-refractivity contribution is 5.73. The maximum atomic E-state index is 11.8. The molecule has 2 rings (SSSR count). The molecule has 0 aliphatic heterocycles. The third-order valence-corrected chi connectivity index (χ3v) is 3.76. The zero-order valence-corrected chi connectivity index (χ0v) is 14.4. The van der Waals surface area contributed by atoms with Gasteiger partial charge in [-0.15, -0.1) is 0 Å². The first kappa shape index (κ1) is 18.7. The quantitative estimate of drug-likeness (QED) is 0.427. The lowest BCUT2D eigenvalue weighted by atomic mass is 10.0. The molecule has 0 heterocycles. The minimum Gasteiger partial charge on any atom is -0.497 e. The number of methoxy groups -OCH3 is 1. The Morgan fingerprint density at radius 3 is 2.40 bits per heavy atom. The van der Waals surface area contributed by atoms with E-state index >= 15 is 0 Å². The van der Waals surface area contributed by atoms with Gasteiger partial charge in [-0.05, 0) is 49.1 Å². The zero-order chi connectivity index (χ0) is 17.9. The second-order valence-corrected chi connectivity index (χ2v) is 5.74. The number of carbonyl (C=O) groups excluding carboxylic acids is 1. The SMILES string of the molecule is COc1ccc(OC(=O)C/C=C/C[C@@H](O)CCc2ccccc2)cc1. The number of hydrogen-bond acceptors (Lipinski definition) is 4. The Kier molecular flexibility index (Phi) is 7.73. The van der Waals surface area contributed by atoms with E-state index in [0.717, 1.165) is 6.42 Å². The van der Waals surface area contributed by atoms with Crippen LogP contribution in [0.25, 0.3) is 0 Å². The molecule has 25 heavy (non-hydrogen) atoms. The standard InChI is InChI=1S/C21H24O4/c1-24-19-13-15-20(16-14-19)25-21(23)10-6-5-9-18(22)12-11-17-7-3-2-4-8-17/h2-8,13-16,18,22H,9-12H2,1H3/b6-5+/t18-/m1/s1. The van der Waals surface area contributed by atoms with Crippen LogP contribution in [0.4, 0.5) is 0 Å². The van der Waals surface area contributed by atoms with E-state index in [1.807, 2.05) is 24.3 Å². The molecule has 2 aromatic rings. The molecule has 0 aliphatic rings.